The number of carbonyl (C=O) groups is 1. The van der Waals surface area contributed by atoms with Gasteiger partial charge in [0, 0.05) is 23.0 Å². The molecule has 0 atom stereocenters. The van der Waals surface area contributed by atoms with Crippen molar-refractivity contribution < 1.29 is 4.79 Å². The highest BCUT2D eigenvalue weighted by molar-refractivity contribution is 9.10. The van der Waals surface area contributed by atoms with Gasteiger partial charge in [0.1, 0.15) is 0 Å². The first-order chi connectivity index (χ1) is 9.40. The van der Waals surface area contributed by atoms with Gasteiger partial charge in [-0.1, -0.05) is 41.9 Å². The lowest BCUT2D eigenvalue weighted by Crippen LogP contribution is -2.49. The van der Waals surface area contributed by atoms with Gasteiger partial charge in [0.2, 0.25) is 5.91 Å². The fraction of sp³-hybridized carbons (Fsp3) is 0.562. The zero-order valence-electron chi connectivity index (χ0n) is 12.6. The molecule has 0 saturated heterocycles. The largest absolute Gasteiger partial charge is 0.354 e. The second-order valence-corrected chi connectivity index (χ2v) is 6.28. The van der Waals surface area contributed by atoms with E-state index in [1.807, 2.05) is 6.07 Å². The topological polar surface area (TPSA) is 55.1 Å². The van der Waals surface area contributed by atoms with E-state index < -0.39 is 0 Å². The van der Waals surface area contributed by atoms with Crippen LogP contribution in [0, 0.1) is 6.92 Å². The summed E-state index contributed by atoms with van der Waals surface area (Å²) in [4.78, 5) is 11.9. The average Bonchev–Trinajstić information content (AvgIpc) is 2.46. The molecule has 1 aromatic rings. The minimum Gasteiger partial charge on any atom is -0.354 e. The molecule has 0 unspecified atom stereocenters. The average molecular weight is 341 g/mol. The first-order valence-corrected chi connectivity index (χ1v) is 8.00. The van der Waals surface area contributed by atoms with Gasteiger partial charge in [-0.3, -0.25) is 4.79 Å². The number of aryl methyl sites for hydroxylation is 2. The van der Waals surface area contributed by atoms with E-state index in [1.165, 1.54) is 11.1 Å². The Balaban J connectivity index is 2.42. The molecule has 1 rings (SSSR count). The molecule has 4 heteroatoms. The number of hydrogen-bond acceptors (Lipinski definition) is 2. The van der Waals surface area contributed by atoms with Crippen LogP contribution < -0.4 is 11.1 Å². The summed E-state index contributed by atoms with van der Waals surface area (Å²) in [5.74, 6) is 0.0716. The highest BCUT2D eigenvalue weighted by Crippen LogP contribution is 2.18. The second-order valence-electron chi connectivity index (χ2n) is 5.43. The molecule has 0 aromatic heterocycles. The van der Waals surface area contributed by atoms with E-state index in [2.05, 4.69) is 54.2 Å². The molecule has 0 saturated carbocycles. The number of carbonyl (C=O) groups excluding carboxylic acids is 1. The Labute approximate surface area is 130 Å². The third kappa shape index (κ3) is 5.25. The third-order valence-corrected chi connectivity index (χ3v) is 4.80. The first kappa shape index (κ1) is 17.2. The number of benzene rings is 1. The van der Waals surface area contributed by atoms with E-state index in [-0.39, 0.29) is 11.4 Å². The van der Waals surface area contributed by atoms with Crippen LogP contribution in [0.5, 0.6) is 0 Å². The predicted molar refractivity (Wildman–Crippen MR) is 87.7 cm³/mol. The van der Waals surface area contributed by atoms with Crippen molar-refractivity contribution in [3.63, 3.8) is 0 Å². The fourth-order valence-electron chi connectivity index (χ4n) is 1.98. The van der Waals surface area contributed by atoms with Gasteiger partial charge in [-0.15, -0.1) is 0 Å². The van der Waals surface area contributed by atoms with E-state index in [0.717, 1.165) is 23.7 Å². The van der Waals surface area contributed by atoms with Gasteiger partial charge in [0.05, 0.1) is 0 Å². The number of amides is 1. The molecule has 1 amide bonds. The first-order valence-electron chi connectivity index (χ1n) is 7.21. The Kier molecular flexibility index (Phi) is 6.69. The van der Waals surface area contributed by atoms with Crippen molar-refractivity contribution in [2.45, 2.75) is 52.0 Å². The molecular weight excluding hydrogens is 316 g/mol. The molecule has 0 fully saturated rings. The van der Waals surface area contributed by atoms with Gasteiger partial charge in [0.25, 0.3) is 0 Å². The van der Waals surface area contributed by atoms with Crippen molar-refractivity contribution in [1.82, 2.24) is 5.32 Å². The molecule has 3 nitrogen and oxygen atoms in total. The van der Waals surface area contributed by atoms with E-state index in [4.69, 9.17) is 5.73 Å². The molecule has 1 aromatic carbocycles. The van der Waals surface area contributed by atoms with Gasteiger partial charge >= 0.3 is 0 Å². The number of hydrogen-bond donors (Lipinski definition) is 2. The third-order valence-electron chi connectivity index (χ3n) is 3.91. The second kappa shape index (κ2) is 7.79. The molecule has 0 aliphatic carbocycles. The summed E-state index contributed by atoms with van der Waals surface area (Å²) in [5, 5.41) is 2.95. The molecule has 0 radical (unpaired) electrons. The standard InChI is InChI=1S/C16H25BrN2O/c1-4-16(18,5-2)11-19-15(20)9-7-13-6-8-14(17)12(3)10-13/h6,8,10H,4-5,7,9,11,18H2,1-3H3,(H,19,20). The van der Waals surface area contributed by atoms with E-state index >= 15 is 0 Å². The van der Waals surface area contributed by atoms with E-state index in [9.17, 15) is 4.79 Å². The van der Waals surface area contributed by atoms with Crippen LogP contribution in [-0.2, 0) is 11.2 Å². The maximum Gasteiger partial charge on any atom is 0.220 e. The Morgan fingerprint density at radius 2 is 2.00 bits per heavy atom. The van der Waals surface area contributed by atoms with Crippen LogP contribution in [0.15, 0.2) is 22.7 Å². The molecular formula is C16H25BrN2O. The van der Waals surface area contributed by atoms with Gasteiger partial charge in [-0.2, -0.15) is 0 Å². The van der Waals surface area contributed by atoms with Crippen LogP contribution in [0.1, 0.15) is 44.2 Å². The Hall–Kier alpha value is -0.870. The number of nitrogens with one attached hydrogen (secondary N) is 1. The van der Waals surface area contributed by atoms with Crippen molar-refractivity contribution in [3.8, 4) is 0 Å². The maximum absolute atomic E-state index is 11.9. The zero-order chi connectivity index (χ0) is 15.2. The smallest absolute Gasteiger partial charge is 0.220 e. The van der Waals surface area contributed by atoms with Crippen LogP contribution >= 0.6 is 15.9 Å². The van der Waals surface area contributed by atoms with Crippen LogP contribution in [0.4, 0.5) is 0 Å². The molecule has 0 aliphatic heterocycles. The quantitative estimate of drug-likeness (QED) is 0.799. The van der Waals surface area contributed by atoms with E-state index in [0.29, 0.717) is 13.0 Å². The molecule has 20 heavy (non-hydrogen) atoms. The minimum atomic E-state index is -0.274. The summed E-state index contributed by atoms with van der Waals surface area (Å²) in [6.45, 7) is 6.72. The summed E-state index contributed by atoms with van der Waals surface area (Å²) in [7, 11) is 0. The summed E-state index contributed by atoms with van der Waals surface area (Å²) in [6, 6.07) is 6.19. The predicted octanol–water partition coefficient (Wildman–Crippen LogP) is 3.32. The number of halogens is 1. The summed E-state index contributed by atoms with van der Waals surface area (Å²) < 4.78 is 1.10. The van der Waals surface area contributed by atoms with Crippen LogP contribution in [0.3, 0.4) is 0 Å². The van der Waals surface area contributed by atoms with Gasteiger partial charge in [-0.25, -0.2) is 0 Å². The summed E-state index contributed by atoms with van der Waals surface area (Å²) >= 11 is 3.48. The normalized spacial score (nSPS) is 11.4. The Bertz CT molecular complexity index is 456. The SMILES string of the molecule is CCC(N)(CC)CNC(=O)CCc1ccc(Br)c(C)c1. The van der Waals surface area contributed by atoms with E-state index in [1.54, 1.807) is 0 Å². The number of nitrogens with two attached hydrogens (primary N) is 1. The lowest BCUT2D eigenvalue weighted by Gasteiger charge is -2.26. The maximum atomic E-state index is 11.9. The molecule has 0 bridgehead atoms. The van der Waals surface area contributed by atoms with Crippen molar-refractivity contribution in [2.24, 2.45) is 5.73 Å². The van der Waals surface area contributed by atoms with Crippen molar-refractivity contribution in [3.05, 3.63) is 33.8 Å². The van der Waals surface area contributed by atoms with Crippen LogP contribution in [0.25, 0.3) is 0 Å². The lowest BCUT2D eigenvalue weighted by molar-refractivity contribution is -0.121. The summed E-state index contributed by atoms with van der Waals surface area (Å²) in [6.07, 6.45) is 3.01. The Morgan fingerprint density at radius 1 is 1.35 bits per heavy atom. The van der Waals surface area contributed by atoms with Gasteiger partial charge in [0.15, 0.2) is 0 Å². The van der Waals surface area contributed by atoms with Gasteiger partial charge < -0.3 is 11.1 Å². The highest BCUT2D eigenvalue weighted by Gasteiger charge is 2.20. The van der Waals surface area contributed by atoms with Crippen LogP contribution in [0.2, 0.25) is 0 Å². The Morgan fingerprint density at radius 3 is 2.55 bits per heavy atom. The summed E-state index contributed by atoms with van der Waals surface area (Å²) in [5.41, 5.74) is 8.28. The monoisotopic (exact) mass is 340 g/mol. The fourth-order valence-corrected chi connectivity index (χ4v) is 2.23. The number of rotatable bonds is 7. The molecule has 112 valence electrons. The molecule has 0 spiro atoms. The van der Waals surface area contributed by atoms with Crippen molar-refractivity contribution >= 4 is 21.8 Å². The van der Waals surface area contributed by atoms with Crippen molar-refractivity contribution in [2.75, 3.05) is 6.54 Å². The van der Waals surface area contributed by atoms with Gasteiger partial charge in [-0.05, 0) is 43.4 Å². The zero-order valence-corrected chi connectivity index (χ0v) is 14.2. The lowest BCUT2D eigenvalue weighted by atomic mass is 9.94. The van der Waals surface area contributed by atoms with Crippen molar-refractivity contribution in [1.29, 1.82) is 0 Å². The molecule has 3 N–H and O–H groups in total. The molecule has 0 aliphatic rings. The molecule has 0 heterocycles. The highest BCUT2D eigenvalue weighted by atomic mass is 79.9. The minimum absolute atomic E-state index is 0.0716. The van der Waals surface area contributed by atoms with Crippen LogP contribution in [-0.4, -0.2) is 18.0 Å².